The fourth-order valence-corrected chi connectivity index (χ4v) is 4.92. The van der Waals surface area contributed by atoms with Gasteiger partial charge < -0.3 is 9.47 Å². The molecule has 0 aliphatic carbocycles. The Balaban J connectivity index is 1.89. The number of non-ortho nitro benzene ring substituents is 1. The molecule has 2 heterocycles. The molecule has 4 rings (SSSR count). The Kier molecular flexibility index (Phi) is 7.25. The quantitative estimate of drug-likeness (QED) is 0.154. The molecular formula is C26H21N3O7S. The summed E-state index contributed by atoms with van der Waals surface area (Å²) in [5, 5.41) is 11.2. The molecule has 11 heteroatoms. The number of allylic oxidation sites excluding steroid dienone is 1. The first-order chi connectivity index (χ1) is 17.7. The highest BCUT2D eigenvalue weighted by atomic mass is 32.1. The third-order valence-electron chi connectivity index (χ3n) is 5.41. The summed E-state index contributed by atoms with van der Waals surface area (Å²) < 4.78 is 12.1. The van der Waals surface area contributed by atoms with Gasteiger partial charge in [-0.1, -0.05) is 48.3 Å². The Morgan fingerprint density at radius 2 is 1.97 bits per heavy atom. The SMILES string of the molecule is C=CCOC(=O)C1=C(C)N=c2sc(=Cc3cccc([N+](=O)[O-])c3)c(=O)n2C1c1ccc(OC(C)=O)cc1. The van der Waals surface area contributed by atoms with Crippen LogP contribution in [0.2, 0.25) is 0 Å². The molecule has 1 aliphatic heterocycles. The number of nitro benzene ring substituents is 1. The van der Waals surface area contributed by atoms with E-state index in [0.29, 0.717) is 27.4 Å². The maximum Gasteiger partial charge on any atom is 0.338 e. The van der Waals surface area contributed by atoms with Crippen LogP contribution in [-0.2, 0) is 14.3 Å². The minimum absolute atomic E-state index is 0.0229. The first kappa shape index (κ1) is 25.5. The lowest BCUT2D eigenvalue weighted by atomic mass is 9.96. The molecule has 1 aromatic heterocycles. The van der Waals surface area contributed by atoms with Gasteiger partial charge in [-0.15, -0.1) is 0 Å². The number of nitrogens with zero attached hydrogens (tertiary/aromatic N) is 3. The third kappa shape index (κ3) is 5.31. The second kappa shape index (κ2) is 10.5. The van der Waals surface area contributed by atoms with Crippen molar-refractivity contribution in [3.05, 3.63) is 113 Å². The van der Waals surface area contributed by atoms with Gasteiger partial charge >= 0.3 is 11.9 Å². The van der Waals surface area contributed by atoms with E-state index < -0.39 is 28.5 Å². The summed E-state index contributed by atoms with van der Waals surface area (Å²) in [5.41, 5.74) is 1.07. The Morgan fingerprint density at radius 3 is 2.62 bits per heavy atom. The number of benzene rings is 2. The number of thiazole rings is 1. The van der Waals surface area contributed by atoms with E-state index in [-0.39, 0.29) is 22.4 Å². The van der Waals surface area contributed by atoms with Gasteiger partial charge in [-0.2, -0.15) is 0 Å². The predicted octanol–water partition coefficient (Wildman–Crippen LogP) is 2.80. The Bertz CT molecular complexity index is 1630. The smallest absolute Gasteiger partial charge is 0.338 e. The van der Waals surface area contributed by atoms with Crippen molar-refractivity contribution in [3.63, 3.8) is 0 Å². The highest BCUT2D eigenvalue weighted by Crippen LogP contribution is 2.31. The second-order valence-corrected chi connectivity index (χ2v) is 8.99. The van der Waals surface area contributed by atoms with Crippen molar-refractivity contribution in [2.75, 3.05) is 6.61 Å². The number of fused-ring (bicyclic) bond motifs is 1. The number of carbonyl (C=O) groups excluding carboxylic acids is 2. The van der Waals surface area contributed by atoms with Crippen LogP contribution in [0.5, 0.6) is 5.75 Å². The zero-order chi connectivity index (χ0) is 26.7. The number of aromatic nitrogens is 1. The number of esters is 2. The van der Waals surface area contributed by atoms with Gasteiger partial charge in [0.05, 0.1) is 26.8 Å². The van der Waals surface area contributed by atoms with E-state index in [1.807, 2.05) is 0 Å². The lowest BCUT2D eigenvalue weighted by Gasteiger charge is -2.24. The van der Waals surface area contributed by atoms with Gasteiger partial charge in [-0.05, 0) is 36.3 Å². The molecule has 3 aromatic rings. The highest BCUT2D eigenvalue weighted by molar-refractivity contribution is 7.07. The van der Waals surface area contributed by atoms with E-state index in [1.165, 1.54) is 35.8 Å². The first-order valence-corrected chi connectivity index (χ1v) is 11.8. The molecule has 0 saturated carbocycles. The molecule has 1 aliphatic rings. The molecule has 0 saturated heterocycles. The minimum atomic E-state index is -0.868. The van der Waals surface area contributed by atoms with Crippen molar-refractivity contribution in [1.29, 1.82) is 0 Å². The lowest BCUT2D eigenvalue weighted by Crippen LogP contribution is -2.39. The van der Waals surface area contributed by atoms with E-state index in [9.17, 15) is 24.5 Å². The van der Waals surface area contributed by atoms with E-state index in [2.05, 4.69) is 11.6 Å². The van der Waals surface area contributed by atoms with Crippen LogP contribution in [0.3, 0.4) is 0 Å². The normalized spacial score (nSPS) is 15.0. The minimum Gasteiger partial charge on any atom is -0.458 e. The van der Waals surface area contributed by atoms with Crippen molar-refractivity contribution < 1.29 is 24.0 Å². The summed E-state index contributed by atoms with van der Waals surface area (Å²) in [6.07, 6.45) is 2.98. The van der Waals surface area contributed by atoms with Crippen molar-refractivity contribution in [2.45, 2.75) is 19.9 Å². The molecule has 0 bridgehead atoms. The van der Waals surface area contributed by atoms with Gasteiger partial charge in [0, 0.05) is 19.1 Å². The fraction of sp³-hybridized carbons (Fsp3) is 0.154. The summed E-state index contributed by atoms with van der Waals surface area (Å²) in [7, 11) is 0. The molecule has 188 valence electrons. The number of hydrogen-bond donors (Lipinski definition) is 0. The van der Waals surface area contributed by atoms with Crippen LogP contribution in [0.15, 0.2) is 82.2 Å². The van der Waals surface area contributed by atoms with Crippen LogP contribution in [-0.4, -0.2) is 28.0 Å². The van der Waals surface area contributed by atoms with Gasteiger partial charge in [-0.25, -0.2) is 9.79 Å². The molecule has 2 aromatic carbocycles. The predicted molar refractivity (Wildman–Crippen MR) is 136 cm³/mol. The van der Waals surface area contributed by atoms with Gasteiger partial charge in [0.2, 0.25) is 0 Å². The summed E-state index contributed by atoms with van der Waals surface area (Å²) >= 11 is 1.10. The van der Waals surface area contributed by atoms with Crippen molar-refractivity contribution >= 4 is 35.0 Å². The Morgan fingerprint density at radius 1 is 1.24 bits per heavy atom. The van der Waals surface area contributed by atoms with Crippen LogP contribution in [0.1, 0.15) is 31.0 Å². The van der Waals surface area contributed by atoms with E-state index in [4.69, 9.17) is 9.47 Å². The molecule has 1 unspecified atom stereocenters. The standard InChI is InChI=1S/C26H21N3O7S/c1-4-12-35-25(32)22-15(2)27-26-28(23(22)18-8-10-20(11-9-18)36-16(3)30)24(31)21(37-26)14-17-6-5-7-19(13-17)29(33)34/h4-11,13-14,23H,1,12H2,2-3H3. The molecule has 1 atom stereocenters. The summed E-state index contributed by atoms with van der Waals surface area (Å²) in [6, 6.07) is 11.5. The Hall–Kier alpha value is -4.64. The zero-order valence-electron chi connectivity index (χ0n) is 19.9. The number of nitro groups is 1. The zero-order valence-corrected chi connectivity index (χ0v) is 20.7. The van der Waals surface area contributed by atoms with Crippen LogP contribution in [0, 0.1) is 10.1 Å². The molecule has 0 radical (unpaired) electrons. The molecule has 0 fully saturated rings. The second-order valence-electron chi connectivity index (χ2n) is 7.98. The summed E-state index contributed by atoms with van der Waals surface area (Å²) in [5.74, 6) is -0.819. The molecule has 10 nitrogen and oxygen atoms in total. The molecule has 0 N–H and O–H groups in total. The van der Waals surface area contributed by atoms with Crippen LogP contribution in [0.4, 0.5) is 5.69 Å². The van der Waals surface area contributed by atoms with Crippen molar-refractivity contribution in [1.82, 2.24) is 4.57 Å². The average Bonchev–Trinajstić information content (AvgIpc) is 3.16. The molecular weight excluding hydrogens is 498 g/mol. The van der Waals surface area contributed by atoms with Crippen LogP contribution in [0.25, 0.3) is 6.08 Å². The largest absolute Gasteiger partial charge is 0.458 e. The Labute approximate surface area is 214 Å². The fourth-order valence-electron chi connectivity index (χ4n) is 3.87. The molecule has 0 spiro atoms. The lowest BCUT2D eigenvalue weighted by molar-refractivity contribution is -0.384. The number of rotatable bonds is 7. The van der Waals surface area contributed by atoms with Crippen molar-refractivity contribution in [2.24, 2.45) is 4.99 Å². The summed E-state index contributed by atoms with van der Waals surface area (Å²) in [4.78, 5) is 53.5. The van der Waals surface area contributed by atoms with Gasteiger partial charge in [0.15, 0.2) is 4.80 Å². The van der Waals surface area contributed by atoms with Gasteiger partial charge in [0.1, 0.15) is 12.4 Å². The highest BCUT2D eigenvalue weighted by Gasteiger charge is 2.33. The van der Waals surface area contributed by atoms with E-state index >= 15 is 0 Å². The maximum absolute atomic E-state index is 13.6. The first-order valence-electron chi connectivity index (χ1n) is 11.0. The van der Waals surface area contributed by atoms with E-state index in [1.54, 1.807) is 43.3 Å². The van der Waals surface area contributed by atoms with Crippen molar-refractivity contribution in [3.8, 4) is 5.75 Å². The van der Waals surface area contributed by atoms with E-state index in [0.717, 1.165) is 11.3 Å². The molecule has 37 heavy (non-hydrogen) atoms. The third-order valence-corrected chi connectivity index (χ3v) is 6.39. The van der Waals surface area contributed by atoms with Crippen LogP contribution < -0.4 is 19.6 Å². The summed E-state index contributed by atoms with van der Waals surface area (Å²) in [6.45, 7) is 6.48. The number of hydrogen-bond acceptors (Lipinski definition) is 9. The van der Waals surface area contributed by atoms with Crippen LogP contribution >= 0.6 is 11.3 Å². The number of carbonyl (C=O) groups is 2. The number of ether oxygens (including phenoxy) is 2. The monoisotopic (exact) mass is 519 g/mol. The van der Waals surface area contributed by atoms with Gasteiger partial charge in [-0.3, -0.25) is 24.3 Å². The average molecular weight is 520 g/mol. The van der Waals surface area contributed by atoms with Gasteiger partial charge in [0.25, 0.3) is 11.2 Å². The molecule has 0 amide bonds. The maximum atomic E-state index is 13.6. The topological polar surface area (TPSA) is 130 Å².